The molecule has 0 spiro atoms. The highest BCUT2D eigenvalue weighted by molar-refractivity contribution is 6.30. The number of halogens is 1. The van der Waals surface area contributed by atoms with Gasteiger partial charge in [-0.2, -0.15) is 0 Å². The van der Waals surface area contributed by atoms with E-state index in [1.54, 1.807) is 24.3 Å². The summed E-state index contributed by atoms with van der Waals surface area (Å²) in [6.45, 7) is 4.88. The second kappa shape index (κ2) is 8.67. The number of aromatic nitrogens is 2. The van der Waals surface area contributed by atoms with E-state index in [0.29, 0.717) is 35.0 Å². The lowest BCUT2D eigenvalue weighted by atomic mass is 9.90. The van der Waals surface area contributed by atoms with E-state index >= 15 is 0 Å². The number of hydrogen-bond acceptors (Lipinski definition) is 4. The highest BCUT2D eigenvalue weighted by Gasteiger charge is 2.49. The Balaban J connectivity index is 1.40. The van der Waals surface area contributed by atoms with E-state index in [-0.39, 0.29) is 17.5 Å². The molecule has 34 heavy (non-hydrogen) atoms. The van der Waals surface area contributed by atoms with Crippen LogP contribution in [0.2, 0.25) is 5.02 Å². The number of benzene rings is 2. The molecule has 6 nitrogen and oxygen atoms in total. The van der Waals surface area contributed by atoms with Gasteiger partial charge in [0.25, 0.3) is 11.5 Å². The first-order chi connectivity index (χ1) is 16.3. The Morgan fingerprint density at radius 1 is 1.15 bits per heavy atom. The molecular formula is C27H28ClN3O3. The van der Waals surface area contributed by atoms with Crippen molar-refractivity contribution in [1.82, 2.24) is 14.9 Å². The van der Waals surface area contributed by atoms with Crippen LogP contribution in [0.4, 0.5) is 0 Å². The molecule has 2 heterocycles. The number of nitrogens with zero attached hydrogens (tertiary/aromatic N) is 2. The maximum atomic E-state index is 13.1. The molecule has 2 aliphatic rings. The number of H-pyrrole nitrogens is 1. The third kappa shape index (κ3) is 4.05. The van der Waals surface area contributed by atoms with Gasteiger partial charge in [-0.05, 0) is 47.6 Å². The minimum Gasteiger partial charge on any atom is -0.378 e. The molecule has 7 heteroatoms. The zero-order valence-corrected chi connectivity index (χ0v) is 20.1. The summed E-state index contributed by atoms with van der Waals surface area (Å²) in [7, 11) is 0. The van der Waals surface area contributed by atoms with E-state index in [2.05, 4.69) is 43.1 Å². The summed E-state index contributed by atoms with van der Waals surface area (Å²) in [5, 5.41) is 11.0. The third-order valence-electron chi connectivity index (χ3n) is 7.09. The Bertz CT molecular complexity index is 1310. The van der Waals surface area contributed by atoms with Gasteiger partial charge in [-0.1, -0.05) is 61.8 Å². The lowest BCUT2D eigenvalue weighted by molar-refractivity contribution is -0.141. The van der Waals surface area contributed by atoms with Crippen LogP contribution in [0.3, 0.4) is 0 Å². The smallest absolute Gasteiger partial charge is 0.256 e. The number of rotatable bonds is 5. The van der Waals surface area contributed by atoms with Gasteiger partial charge in [0.1, 0.15) is 5.82 Å². The molecule has 1 saturated carbocycles. The van der Waals surface area contributed by atoms with E-state index in [0.717, 1.165) is 24.4 Å². The second-order valence-electron chi connectivity index (χ2n) is 9.67. The molecule has 3 aromatic rings. The molecule has 0 saturated heterocycles. The SMILES string of the molecule is CC(C)c1cccc(C2(c3nc4c(c(=O)[nH]3)CN(C(=O)C(O)c3cccc(Cl)c3)CC4)CC2)c1. The van der Waals surface area contributed by atoms with Crippen LogP contribution in [0.25, 0.3) is 0 Å². The minimum absolute atomic E-state index is 0.129. The van der Waals surface area contributed by atoms with Crippen LogP contribution >= 0.6 is 11.6 Å². The van der Waals surface area contributed by atoms with Gasteiger partial charge in [-0.25, -0.2) is 4.98 Å². The first-order valence-corrected chi connectivity index (χ1v) is 12.1. The van der Waals surface area contributed by atoms with Crippen LogP contribution < -0.4 is 5.56 Å². The number of aromatic amines is 1. The van der Waals surface area contributed by atoms with Crippen LogP contribution in [-0.4, -0.2) is 32.4 Å². The number of amides is 1. The Hall–Kier alpha value is -2.96. The van der Waals surface area contributed by atoms with Crippen molar-refractivity contribution in [2.75, 3.05) is 6.54 Å². The molecule has 5 rings (SSSR count). The monoisotopic (exact) mass is 477 g/mol. The maximum Gasteiger partial charge on any atom is 0.256 e. The molecule has 1 aromatic heterocycles. The number of carbonyl (C=O) groups excluding carboxylic acids is 1. The number of hydrogen-bond donors (Lipinski definition) is 2. The average molecular weight is 478 g/mol. The fourth-order valence-corrected chi connectivity index (χ4v) is 5.01. The number of fused-ring (bicyclic) bond motifs is 1. The van der Waals surface area contributed by atoms with Gasteiger partial charge in [-0.3, -0.25) is 9.59 Å². The van der Waals surface area contributed by atoms with E-state index < -0.39 is 12.0 Å². The Labute approximate surface area is 203 Å². The van der Waals surface area contributed by atoms with E-state index in [1.807, 2.05) is 0 Å². The van der Waals surface area contributed by atoms with Crippen molar-refractivity contribution >= 4 is 17.5 Å². The highest BCUT2D eigenvalue weighted by Crippen LogP contribution is 2.52. The highest BCUT2D eigenvalue weighted by atomic mass is 35.5. The van der Waals surface area contributed by atoms with Crippen molar-refractivity contribution in [3.63, 3.8) is 0 Å². The standard InChI is InChI=1S/C27H28ClN3O3/c1-16(2)17-5-3-7-19(13-17)27(10-11-27)26-29-22-9-12-31(15-21(22)24(33)30-26)25(34)23(32)18-6-4-8-20(28)14-18/h3-8,13-14,16,23,32H,9-12,15H2,1-2H3,(H,29,30,33). The van der Waals surface area contributed by atoms with Gasteiger partial charge in [0.15, 0.2) is 6.10 Å². The van der Waals surface area contributed by atoms with Crippen molar-refractivity contribution in [3.05, 3.63) is 97.7 Å². The fourth-order valence-electron chi connectivity index (χ4n) is 4.81. The molecule has 176 valence electrons. The Kier molecular flexibility index (Phi) is 5.82. The van der Waals surface area contributed by atoms with Crippen molar-refractivity contribution in [3.8, 4) is 0 Å². The summed E-state index contributed by atoms with van der Waals surface area (Å²) in [6.07, 6.45) is 1.05. The molecule has 0 bridgehead atoms. The average Bonchev–Trinajstić information content (AvgIpc) is 3.65. The molecule has 1 atom stereocenters. The van der Waals surface area contributed by atoms with Gasteiger partial charge in [0.05, 0.1) is 23.2 Å². The van der Waals surface area contributed by atoms with Gasteiger partial charge >= 0.3 is 0 Å². The molecule has 1 aliphatic heterocycles. The van der Waals surface area contributed by atoms with Gasteiger partial charge in [0.2, 0.25) is 0 Å². The summed E-state index contributed by atoms with van der Waals surface area (Å²) in [5.41, 5.74) is 3.69. The molecule has 2 aromatic carbocycles. The van der Waals surface area contributed by atoms with Gasteiger partial charge in [0, 0.05) is 18.0 Å². The Morgan fingerprint density at radius 2 is 1.88 bits per heavy atom. The predicted molar refractivity (Wildman–Crippen MR) is 131 cm³/mol. The largest absolute Gasteiger partial charge is 0.378 e. The van der Waals surface area contributed by atoms with Crippen molar-refractivity contribution in [1.29, 1.82) is 0 Å². The lowest BCUT2D eigenvalue weighted by Crippen LogP contribution is -2.42. The van der Waals surface area contributed by atoms with Crippen LogP contribution in [-0.2, 0) is 23.2 Å². The summed E-state index contributed by atoms with van der Waals surface area (Å²) in [5.74, 6) is 0.702. The van der Waals surface area contributed by atoms with Gasteiger partial charge < -0.3 is 15.0 Å². The molecule has 1 amide bonds. The summed E-state index contributed by atoms with van der Waals surface area (Å²) in [6, 6.07) is 15.2. The van der Waals surface area contributed by atoms with Crippen molar-refractivity contribution < 1.29 is 9.90 Å². The minimum atomic E-state index is -1.32. The zero-order valence-electron chi connectivity index (χ0n) is 19.3. The van der Waals surface area contributed by atoms with Crippen LogP contribution in [0.15, 0.2) is 53.3 Å². The molecule has 1 aliphatic carbocycles. The third-order valence-corrected chi connectivity index (χ3v) is 7.32. The molecule has 1 fully saturated rings. The molecule has 1 unspecified atom stereocenters. The lowest BCUT2D eigenvalue weighted by Gasteiger charge is -2.30. The molecular weight excluding hydrogens is 450 g/mol. The fraction of sp³-hybridized carbons (Fsp3) is 0.370. The van der Waals surface area contributed by atoms with E-state index in [9.17, 15) is 14.7 Å². The number of carbonyl (C=O) groups is 1. The van der Waals surface area contributed by atoms with Crippen molar-refractivity contribution in [2.45, 2.75) is 57.1 Å². The van der Waals surface area contributed by atoms with Crippen LogP contribution in [0, 0.1) is 0 Å². The quantitative estimate of drug-likeness (QED) is 0.575. The summed E-state index contributed by atoms with van der Waals surface area (Å²) >= 11 is 6.00. The zero-order chi connectivity index (χ0) is 24.0. The molecule has 2 N–H and O–H groups in total. The van der Waals surface area contributed by atoms with Gasteiger partial charge in [-0.15, -0.1) is 0 Å². The number of nitrogens with one attached hydrogen (secondary N) is 1. The summed E-state index contributed by atoms with van der Waals surface area (Å²) < 4.78 is 0. The van der Waals surface area contributed by atoms with E-state index in [1.165, 1.54) is 16.0 Å². The first-order valence-electron chi connectivity index (χ1n) is 11.7. The first kappa shape index (κ1) is 22.8. The van der Waals surface area contributed by atoms with Crippen LogP contribution in [0.1, 0.15) is 72.5 Å². The topological polar surface area (TPSA) is 86.3 Å². The van der Waals surface area contributed by atoms with E-state index in [4.69, 9.17) is 16.6 Å². The number of aliphatic hydroxyl groups excluding tert-OH is 1. The second-order valence-corrected chi connectivity index (χ2v) is 10.1. The molecule has 0 radical (unpaired) electrons. The maximum absolute atomic E-state index is 13.1. The van der Waals surface area contributed by atoms with Crippen LogP contribution in [0.5, 0.6) is 0 Å². The Morgan fingerprint density at radius 3 is 2.59 bits per heavy atom. The normalized spacial score (nSPS) is 17.4. The summed E-state index contributed by atoms with van der Waals surface area (Å²) in [4.78, 5) is 35.5. The number of aliphatic hydroxyl groups is 1. The predicted octanol–water partition coefficient (Wildman–Crippen LogP) is 4.24. The van der Waals surface area contributed by atoms with Crippen molar-refractivity contribution in [2.24, 2.45) is 0 Å².